The number of benzene rings is 3. The zero-order valence-corrected chi connectivity index (χ0v) is 20.0. The highest BCUT2D eigenvalue weighted by Gasteiger charge is 2.15. The summed E-state index contributed by atoms with van der Waals surface area (Å²) in [4.78, 5) is 32.5. The molecule has 0 unspecified atom stereocenters. The lowest BCUT2D eigenvalue weighted by molar-refractivity contribution is -0.118. The fourth-order valence-corrected chi connectivity index (χ4v) is 4.23. The number of anilines is 1. The van der Waals surface area contributed by atoms with Gasteiger partial charge in [0, 0.05) is 19.8 Å². The molecule has 1 amide bonds. The number of rotatable bonds is 7. The molecular weight excluding hydrogens is 446 g/mol. The largest absolute Gasteiger partial charge is 0.378 e. The highest BCUT2D eigenvalue weighted by molar-refractivity contribution is 7.99. The number of nitrogens with zero attached hydrogens (tertiary/aromatic N) is 4. The molecule has 0 fully saturated rings. The van der Waals surface area contributed by atoms with E-state index in [0.717, 1.165) is 22.5 Å². The molecule has 0 saturated carbocycles. The molecule has 1 N–H and O–H groups in total. The molecule has 4 rings (SSSR count). The van der Waals surface area contributed by atoms with Crippen LogP contribution in [-0.4, -0.2) is 41.5 Å². The van der Waals surface area contributed by atoms with E-state index in [2.05, 4.69) is 15.5 Å². The van der Waals surface area contributed by atoms with Gasteiger partial charge in [-0.15, -0.1) is 0 Å². The van der Waals surface area contributed by atoms with Crippen LogP contribution in [0, 0.1) is 6.92 Å². The number of aryl methyl sites for hydroxylation is 1. The maximum absolute atomic E-state index is 13.3. The van der Waals surface area contributed by atoms with E-state index >= 15 is 0 Å². The van der Waals surface area contributed by atoms with Gasteiger partial charge in [0.25, 0.3) is 11.5 Å². The van der Waals surface area contributed by atoms with Crippen molar-refractivity contribution in [2.24, 2.45) is 5.10 Å². The van der Waals surface area contributed by atoms with Crippen LogP contribution in [0.25, 0.3) is 16.6 Å². The van der Waals surface area contributed by atoms with E-state index in [4.69, 9.17) is 0 Å². The zero-order valence-electron chi connectivity index (χ0n) is 19.2. The van der Waals surface area contributed by atoms with Gasteiger partial charge in [0.1, 0.15) is 0 Å². The Morgan fingerprint density at radius 1 is 1.06 bits per heavy atom. The molecule has 1 aromatic heterocycles. The van der Waals surface area contributed by atoms with Crippen LogP contribution in [0.4, 0.5) is 5.69 Å². The number of nitrogens with one attached hydrogen (secondary N) is 1. The summed E-state index contributed by atoms with van der Waals surface area (Å²) in [6, 6.07) is 22.7. The Bertz CT molecular complexity index is 1410. The summed E-state index contributed by atoms with van der Waals surface area (Å²) in [7, 11) is 3.95. The normalized spacial score (nSPS) is 11.1. The number of para-hydroxylation sites is 2. The zero-order chi connectivity index (χ0) is 24.1. The maximum Gasteiger partial charge on any atom is 0.266 e. The minimum Gasteiger partial charge on any atom is -0.378 e. The Balaban J connectivity index is 1.52. The summed E-state index contributed by atoms with van der Waals surface area (Å²) in [5, 5.41) is 5.04. The summed E-state index contributed by atoms with van der Waals surface area (Å²) in [5.74, 6) is -0.224. The van der Waals surface area contributed by atoms with Crippen LogP contribution >= 0.6 is 11.8 Å². The average molecular weight is 472 g/mol. The third-order valence-corrected chi connectivity index (χ3v) is 6.18. The number of carbonyl (C=O) groups is 1. The topological polar surface area (TPSA) is 79.6 Å². The Labute approximate surface area is 202 Å². The molecule has 4 aromatic rings. The number of amides is 1. The van der Waals surface area contributed by atoms with E-state index in [-0.39, 0.29) is 17.2 Å². The summed E-state index contributed by atoms with van der Waals surface area (Å²) in [5.41, 5.74) is 6.62. The van der Waals surface area contributed by atoms with E-state index in [9.17, 15) is 9.59 Å². The number of aromatic nitrogens is 2. The molecule has 0 aliphatic carbocycles. The van der Waals surface area contributed by atoms with Gasteiger partial charge >= 0.3 is 0 Å². The van der Waals surface area contributed by atoms with Gasteiger partial charge in [-0.1, -0.05) is 54.2 Å². The summed E-state index contributed by atoms with van der Waals surface area (Å²) >= 11 is 1.20. The van der Waals surface area contributed by atoms with Crippen molar-refractivity contribution in [1.82, 2.24) is 15.0 Å². The highest BCUT2D eigenvalue weighted by Crippen LogP contribution is 2.23. The van der Waals surface area contributed by atoms with E-state index in [0.29, 0.717) is 16.1 Å². The van der Waals surface area contributed by atoms with Crippen LogP contribution in [0.5, 0.6) is 0 Å². The van der Waals surface area contributed by atoms with Crippen molar-refractivity contribution in [3.05, 3.63) is 94.3 Å². The molecule has 7 nitrogen and oxygen atoms in total. The fraction of sp³-hybridized carbons (Fsp3) is 0.154. The predicted molar refractivity (Wildman–Crippen MR) is 139 cm³/mol. The summed E-state index contributed by atoms with van der Waals surface area (Å²) in [6.07, 6.45) is 1.60. The first-order valence-corrected chi connectivity index (χ1v) is 11.7. The fourth-order valence-electron chi connectivity index (χ4n) is 3.44. The third-order valence-electron chi connectivity index (χ3n) is 5.25. The molecule has 34 heavy (non-hydrogen) atoms. The molecule has 0 saturated heterocycles. The van der Waals surface area contributed by atoms with Gasteiger partial charge in [0.05, 0.1) is 28.6 Å². The molecule has 0 bridgehead atoms. The molecule has 0 atom stereocenters. The second-order valence-electron chi connectivity index (χ2n) is 7.91. The first-order valence-electron chi connectivity index (χ1n) is 10.7. The Morgan fingerprint density at radius 3 is 2.50 bits per heavy atom. The average Bonchev–Trinajstić information content (AvgIpc) is 2.84. The minimum atomic E-state index is -0.287. The number of thioether (sulfide) groups is 1. The molecule has 0 radical (unpaired) electrons. The second-order valence-corrected chi connectivity index (χ2v) is 8.85. The molecule has 0 spiro atoms. The molecule has 3 aromatic carbocycles. The maximum atomic E-state index is 13.3. The molecule has 8 heteroatoms. The molecule has 0 aliphatic rings. The quantitative estimate of drug-likeness (QED) is 0.191. The summed E-state index contributed by atoms with van der Waals surface area (Å²) in [6.45, 7) is 1.94. The molecule has 172 valence electrons. The van der Waals surface area contributed by atoms with Gasteiger partial charge in [-0.2, -0.15) is 5.10 Å². The number of hydrazone groups is 1. The van der Waals surface area contributed by atoms with Crippen LogP contribution in [0.3, 0.4) is 0 Å². The predicted octanol–water partition coefficient (Wildman–Crippen LogP) is 4.00. The first-order chi connectivity index (χ1) is 16.4. The van der Waals surface area contributed by atoms with Gasteiger partial charge < -0.3 is 4.90 Å². The standard InChI is InChI=1S/C26H25N5O2S/c1-18-8-4-7-11-23(18)31-25(33)21-9-5-6-10-22(21)28-26(31)34-17-24(32)29-27-16-19-12-14-20(15-13-19)30(2)3/h4-16H,17H2,1-3H3,(H,29,32)/b27-16+. The van der Waals surface area contributed by atoms with Crippen molar-refractivity contribution >= 4 is 40.5 Å². The molecule has 0 aliphatic heterocycles. The van der Waals surface area contributed by atoms with E-state index in [1.54, 1.807) is 22.9 Å². The Morgan fingerprint density at radius 2 is 1.76 bits per heavy atom. The lowest BCUT2D eigenvalue weighted by Crippen LogP contribution is -2.24. The SMILES string of the molecule is Cc1ccccc1-n1c(SCC(=O)N/N=C/c2ccc(N(C)C)cc2)nc2ccccc2c1=O. The highest BCUT2D eigenvalue weighted by atomic mass is 32.2. The van der Waals surface area contributed by atoms with Gasteiger partial charge in [-0.3, -0.25) is 14.2 Å². The van der Waals surface area contributed by atoms with Crippen LogP contribution < -0.4 is 15.9 Å². The van der Waals surface area contributed by atoms with Gasteiger partial charge in [0.15, 0.2) is 5.16 Å². The van der Waals surface area contributed by atoms with Crippen LogP contribution in [-0.2, 0) is 4.79 Å². The van der Waals surface area contributed by atoms with Crippen molar-refractivity contribution in [3.63, 3.8) is 0 Å². The molecule has 1 heterocycles. The van der Waals surface area contributed by atoms with Crippen LogP contribution in [0.15, 0.2) is 87.8 Å². The van der Waals surface area contributed by atoms with E-state index in [1.165, 1.54) is 11.8 Å². The van der Waals surface area contributed by atoms with Crippen molar-refractivity contribution in [2.75, 3.05) is 24.7 Å². The van der Waals surface area contributed by atoms with Crippen molar-refractivity contribution in [1.29, 1.82) is 0 Å². The Hall–Kier alpha value is -3.91. The van der Waals surface area contributed by atoms with Crippen molar-refractivity contribution in [3.8, 4) is 5.69 Å². The van der Waals surface area contributed by atoms with Gasteiger partial charge in [0.2, 0.25) is 0 Å². The third kappa shape index (κ3) is 5.18. The monoisotopic (exact) mass is 471 g/mol. The first kappa shape index (κ1) is 23.3. The molecular formula is C26H25N5O2S. The summed E-state index contributed by atoms with van der Waals surface area (Å²) < 4.78 is 1.57. The number of hydrogen-bond donors (Lipinski definition) is 1. The van der Waals surface area contributed by atoms with E-state index < -0.39 is 0 Å². The van der Waals surface area contributed by atoms with Crippen LogP contribution in [0.1, 0.15) is 11.1 Å². The number of hydrogen-bond acceptors (Lipinski definition) is 6. The van der Waals surface area contributed by atoms with Crippen molar-refractivity contribution in [2.45, 2.75) is 12.1 Å². The lowest BCUT2D eigenvalue weighted by atomic mass is 10.2. The lowest BCUT2D eigenvalue weighted by Gasteiger charge is -2.14. The van der Waals surface area contributed by atoms with Gasteiger partial charge in [-0.05, 0) is 48.4 Å². The van der Waals surface area contributed by atoms with Crippen LogP contribution in [0.2, 0.25) is 0 Å². The van der Waals surface area contributed by atoms with Crippen molar-refractivity contribution < 1.29 is 4.79 Å². The smallest absolute Gasteiger partial charge is 0.266 e. The number of fused-ring (bicyclic) bond motifs is 1. The minimum absolute atomic E-state index is 0.0631. The van der Waals surface area contributed by atoms with Gasteiger partial charge in [-0.25, -0.2) is 10.4 Å². The number of carbonyl (C=O) groups excluding carboxylic acids is 1. The second kappa shape index (κ2) is 10.4. The Kier molecular flexibility index (Phi) is 7.08. The van der Waals surface area contributed by atoms with E-state index in [1.807, 2.05) is 86.6 Å².